The van der Waals surface area contributed by atoms with E-state index < -0.39 is 11.5 Å². The number of aliphatic hydroxyl groups is 2. The van der Waals surface area contributed by atoms with E-state index in [4.69, 9.17) is 4.42 Å². The normalized spacial score (nSPS) is 25.2. The molecule has 24 heavy (non-hydrogen) atoms. The maximum Gasteiger partial charge on any atom is 0.197 e. The molecule has 0 spiro atoms. The Morgan fingerprint density at radius 1 is 1.38 bits per heavy atom. The standard InChI is InChI=1S/C19H25NO4/c1-2-8-19(13-21)12-20(9-7-17(19)22)10-14-11-24-16-6-4-3-5-15(16)18(14)23/h3-6,11,17,21-22H,2,7-10,12-13H2,1H3/t17-,19-/m1/s1. The maximum absolute atomic E-state index is 12.6. The summed E-state index contributed by atoms with van der Waals surface area (Å²) in [5, 5.41) is 20.8. The SMILES string of the molecule is CCC[C@]1(CO)CN(Cc2coc3ccccc3c2=O)CC[C@H]1O. The fourth-order valence-corrected chi connectivity index (χ4v) is 3.82. The van der Waals surface area contributed by atoms with E-state index in [1.807, 2.05) is 12.1 Å². The lowest BCUT2D eigenvalue weighted by Gasteiger charge is -2.45. The monoisotopic (exact) mass is 331 g/mol. The Morgan fingerprint density at radius 2 is 2.17 bits per heavy atom. The summed E-state index contributed by atoms with van der Waals surface area (Å²) in [6, 6.07) is 7.24. The lowest BCUT2D eigenvalue weighted by atomic mass is 9.74. The third-order valence-electron chi connectivity index (χ3n) is 5.17. The molecule has 0 unspecified atom stereocenters. The molecule has 1 aliphatic heterocycles. The Bertz CT molecular complexity index is 756. The quantitative estimate of drug-likeness (QED) is 0.878. The molecule has 2 aromatic rings. The number of fused-ring (bicyclic) bond motifs is 1. The van der Waals surface area contributed by atoms with Gasteiger partial charge in [-0.2, -0.15) is 0 Å². The highest BCUT2D eigenvalue weighted by Crippen LogP contribution is 2.35. The van der Waals surface area contributed by atoms with Gasteiger partial charge in [0.1, 0.15) is 5.58 Å². The van der Waals surface area contributed by atoms with Gasteiger partial charge in [0, 0.05) is 30.6 Å². The van der Waals surface area contributed by atoms with Crippen molar-refractivity contribution in [3.8, 4) is 0 Å². The van der Waals surface area contributed by atoms with E-state index in [2.05, 4.69) is 11.8 Å². The second-order valence-corrected chi connectivity index (χ2v) is 6.87. The Labute approximate surface area is 141 Å². The average Bonchev–Trinajstić information content (AvgIpc) is 2.60. The first-order chi connectivity index (χ1) is 11.6. The van der Waals surface area contributed by atoms with Gasteiger partial charge in [-0.25, -0.2) is 0 Å². The highest BCUT2D eigenvalue weighted by atomic mass is 16.3. The molecule has 5 nitrogen and oxygen atoms in total. The van der Waals surface area contributed by atoms with Crippen LogP contribution in [0.4, 0.5) is 0 Å². The topological polar surface area (TPSA) is 73.9 Å². The van der Waals surface area contributed by atoms with E-state index >= 15 is 0 Å². The van der Waals surface area contributed by atoms with Gasteiger partial charge in [-0.1, -0.05) is 25.5 Å². The first-order valence-corrected chi connectivity index (χ1v) is 8.60. The molecule has 0 saturated carbocycles. The van der Waals surface area contributed by atoms with Crippen molar-refractivity contribution in [1.82, 2.24) is 4.90 Å². The zero-order valence-corrected chi connectivity index (χ0v) is 14.1. The van der Waals surface area contributed by atoms with Crippen LogP contribution in [0, 0.1) is 5.41 Å². The van der Waals surface area contributed by atoms with Crippen LogP contribution in [0.1, 0.15) is 31.7 Å². The molecule has 130 valence electrons. The van der Waals surface area contributed by atoms with E-state index in [1.54, 1.807) is 12.1 Å². The zero-order chi connectivity index (χ0) is 17.2. The molecular weight excluding hydrogens is 306 g/mol. The third kappa shape index (κ3) is 3.11. The lowest BCUT2D eigenvalue weighted by Crippen LogP contribution is -2.53. The number of hydrogen-bond acceptors (Lipinski definition) is 5. The first kappa shape index (κ1) is 17.1. The van der Waals surface area contributed by atoms with Crippen molar-refractivity contribution in [3.63, 3.8) is 0 Å². The highest BCUT2D eigenvalue weighted by molar-refractivity contribution is 5.76. The van der Waals surface area contributed by atoms with E-state index in [0.717, 1.165) is 12.8 Å². The van der Waals surface area contributed by atoms with E-state index in [-0.39, 0.29) is 12.0 Å². The van der Waals surface area contributed by atoms with Crippen LogP contribution < -0.4 is 5.43 Å². The van der Waals surface area contributed by atoms with Crippen LogP contribution in [0.3, 0.4) is 0 Å². The van der Waals surface area contributed by atoms with Gasteiger partial charge in [-0.15, -0.1) is 0 Å². The molecule has 1 aliphatic rings. The molecule has 2 heterocycles. The van der Waals surface area contributed by atoms with Crippen LogP contribution in [0.15, 0.2) is 39.7 Å². The van der Waals surface area contributed by atoms with E-state index in [9.17, 15) is 15.0 Å². The van der Waals surface area contributed by atoms with Crippen molar-refractivity contribution in [2.45, 2.75) is 38.8 Å². The van der Waals surface area contributed by atoms with Gasteiger partial charge < -0.3 is 14.6 Å². The fraction of sp³-hybridized carbons (Fsp3) is 0.526. The largest absolute Gasteiger partial charge is 0.464 e. The number of hydrogen-bond donors (Lipinski definition) is 2. The summed E-state index contributed by atoms with van der Waals surface area (Å²) in [6.07, 6.45) is 3.33. The van der Waals surface area contributed by atoms with Crippen molar-refractivity contribution in [1.29, 1.82) is 0 Å². The fourth-order valence-electron chi connectivity index (χ4n) is 3.82. The molecule has 1 aromatic heterocycles. The predicted molar refractivity (Wildman–Crippen MR) is 92.8 cm³/mol. The maximum atomic E-state index is 12.6. The minimum absolute atomic E-state index is 0.00642. The molecule has 1 fully saturated rings. The molecule has 0 radical (unpaired) electrons. The molecule has 0 bridgehead atoms. The summed E-state index contributed by atoms with van der Waals surface area (Å²) in [4.78, 5) is 14.8. The van der Waals surface area contributed by atoms with Crippen molar-refractivity contribution in [2.24, 2.45) is 5.41 Å². The minimum atomic E-state index is -0.496. The third-order valence-corrected chi connectivity index (χ3v) is 5.17. The molecular formula is C19H25NO4. The molecule has 2 atom stereocenters. The number of piperidine rings is 1. The van der Waals surface area contributed by atoms with Crippen molar-refractivity contribution >= 4 is 11.0 Å². The van der Waals surface area contributed by atoms with Gasteiger partial charge in [0.05, 0.1) is 24.4 Å². The van der Waals surface area contributed by atoms with Gasteiger partial charge in [0.25, 0.3) is 0 Å². The van der Waals surface area contributed by atoms with Gasteiger partial charge in [-0.05, 0) is 25.0 Å². The Hall–Kier alpha value is -1.69. The van der Waals surface area contributed by atoms with Crippen LogP contribution >= 0.6 is 0 Å². The summed E-state index contributed by atoms with van der Waals surface area (Å²) in [7, 11) is 0. The summed E-state index contributed by atoms with van der Waals surface area (Å²) >= 11 is 0. The van der Waals surface area contributed by atoms with Gasteiger partial charge in [0.2, 0.25) is 0 Å². The summed E-state index contributed by atoms with van der Waals surface area (Å²) in [5.41, 5.74) is 0.710. The number of para-hydroxylation sites is 1. The molecule has 5 heteroatoms. The van der Waals surface area contributed by atoms with Crippen molar-refractivity contribution in [2.75, 3.05) is 19.7 Å². The number of likely N-dealkylation sites (tertiary alicyclic amines) is 1. The van der Waals surface area contributed by atoms with Crippen LogP contribution in [0.5, 0.6) is 0 Å². The Morgan fingerprint density at radius 3 is 2.92 bits per heavy atom. The Balaban J connectivity index is 1.83. The van der Waals surface area contributed by atoms with Crippen LogP contribution in [-0.4, -0.2) is 40.9 Å². The number of benzene rings is 1. The predicted octanol–water partition coefficient (Wildman–Crippen LogP) is 2.14. The number of rotatable bonds is 5. The average molecular weight is 331 g/mol. The van der Waals surface area contributed by atoms with E-state index in [1.165, 1.54) is 6.26 Å². The van der Waals surface area contributed by atoms with Crippen LogP contribution in [0.25, 0.3) is 11.0 Å². The van der Waals surface area contributed by atoms with Gasteiger partial charge in [-0.3, -0.25) is 9.69 Å². The molecule has 3 rings (SSSR count). The molecule has 0 amide bonds. The molecule has 1 saturated heterocycles. The smallest absolute Gasteiger partial charge is 0.197 e. The molecule has 0 aliphatic carbocycles. The second-order valence-electron chi connectivity index (χ2n) is 6.87. The van der Waals surface area contributed by atoms with Crippen LogP contribution in [-0.2, 0) is 6.54 Å². The molecule has 1 aromatic carbocycles. The number of aliphatic hydroxyl groups excluding tert-OH is 2. The van der Waals surface area contributed by atoms with Gasteiger partial charge in [0.15, 0.2) is 5.43 Å². The first-order valence-electron chi connectivity index (χ1n) is 8.60. The van der Waals surface area contributed by atoms with Crippen molar-refractivity contribution < 1.29 is 14.6 Å². The zero-order valence-electron chi connectivity index (χ0n) is 14.1. The van der Waals surface area contributed by atoms with E-state index in [0.29, 0.717) is 42.6 Å². The Kier molecular flexibility index (Phi) is 5.04. The van der Waals surface area contributed by atoms with Gasteiger partial charge >= 0.3 is 0 Å². The summed E-state index contributed by atoms with van der Waals surface area (Å²) in [5.74, 6) is 0. The highest BCUT2D eigenvalue weighted by Gasteiger charge is 2.41. The molecule has 2 N–H and O–H groups in total. The lowest BCUT2D eigenvalue weighted by molar-refractivity contribution is -0.0820. The van der Waals surface area contributed by atoms with Crippen LogP contribution in [0.2, 0.25) is 0 Å². The number of nitrogens with zero attached hydrogens (tertiary/aromatic N) is 1. The minimum Gasteiger partial charge on any atom is -0.464 e. The summed E-state index contributed by atoms with van der Waals surface area (Å²) < 4.78 is 5.59. The summed E-state index contributed by atoms with van der Waals surface area (Å²) in [6.45, 7) is 3.79. The second kappa shape index (κ2) is 7.05. The van der Waals surface area contributed by atoms with Crippen molar-refractivity contribution in [3.05, 3.63) is 46.3 Å².